The van der Waals surface area contributed by atoms with E-state index in [1.807, 2.05) is 0 Å². The van der Waals surface area contributed by atoms with Crippen molar-refractivity contribution in [3.8, 4) is 0 Å². The van der Waals surface area contributed by atoms with Crippen LogP contribution >= 0.6 is 0 Å². The quantitative estimate of drug-likeness (QED) is 0.848. The average molecular weight is 253 g/mol. The van der Waals surface area contributed by atoms with Gasteiger partial charge in [0.2, 0.25) is 0 Å². The molecule has 0 aromatic carbocycles. The molecule has 100 valence electrons. The van der Waals surface area contributed by atoms with Crippen LogP contribution in [-0.2, 0) is 4.74 Å². The fourth-order valence-corrected chi connectivity index (χ4v) is 2.25. The van der Waals surface area contributed by atoms with Crippen molar-refractivity contribution < 1.29 is 19.1 Å². The van der Waals surface area contributed by atoms with Gasteiger partial charge in [0.1, 0.15) is 11.5 Å². The fourth-order valence-electron chi connectivity index (χ4n) is 2.25. The largest absolute Gasteiger partial charge is 0.466 e. The molecule has 0 unspecified atom stereocenters. The van der Waals surface area contributed by atoms with Gasteiger partial charge in [-0.3, -0.25) is 4.79 Å². The minimum absolute atomic E-state index is 0.0714. The van der Waals surface area contributed by atoms with Crippen LogP contribution in [0.2, 0.25) is 0 Å². The van der Waals surface area contributed by atoms with Crippen LogP contribution in [0.3, 0.4) is 0 Å². The van der Waals surface area contributed by atoms with Crippen LogP contribution in [0.1, 0.15) is 34.7 Å². The second kappa shape index (κ2) is 5.12. The number of nitrogens with one attached hydrogen (secondary N) is 1. The van der Waals surface area contributed by atoms with Gasteiger partial charge in [-0.05, 0) is 32.8 Å². The Morgan fingerprint density at radius 1 is 1.44 bits per heavy atom. The summed E-state index contributed by atoms with van der Waals surface area (Å²) in [6.07, 6.45) is 1.26. The molecule has 5 heteroatoms. The van der Waals surface area contributed by atoms with Crippen molar-refractivity contribution in [2.45, 2.75) is 32.2 Å². The van der Waals surface area contributed by atoms with Crippen LogP contribution in [0.25, 0.3) is 0 Å². The molecule has 1 aliphatic heterocycles. The molecule has 1 aromatic rings. The molecule has 18 heavy (non-hydrogen) atoms. The van der Waals surface area contributed by atoms with Crippen LogP contribution in [0.5, 0.6) is 0 Å². The van der Waals surface area contributed by atoms with E-state index in [4.69, 9.17) is 9.15 Å². The molecule has 0 atom stereocenters. The van der Waals surface area contributed by atoms with E-state index >= 15 is 0 Å². The van der Waals surface area contributed by atoms with Crippen LogP contribution in [-0.4, -0.2) is 36.4 Å². The van der Waals surface area contributed by atoms with Gasteiger partial charge < -0.3 is 19.6 Å². The molecule has 1 amide bonds. The maximum Gasteiger partial charge on any atom is 0.255 e. The summed E-state index contributed by atoms with van der Waals surface area (Å²) in [5, 5.41) is 12.4. The molecule has 5 nitrogen and oxygen atoms in total. The monoisotopic (exact) mass is 253 g/mol. The summed E-state index contributed by atoms with van der Waals surface area (Å²) in [6, 6.07) is 1.72. The summed E-state index contributed by atoms with van der Waals surface area (Å²) in [6.45, 7) is 4.62. The van der Waals surface area contributed by atoms with E-state index in [9.17, 15) is 9.90 Å². The number of carbonyl (C=O) groups is 1. The highest BCUT2D eigenvalue weighted by Gasteiger charge is 2.34. The van der Waals surface area contributed by atoms with Gasteiger partial charge in [-0.1, -0.05) is 0 Å². The van der Waals surface area contributed by atoms with Crippen molar-refractivity contribution in [1.82, 2.24) is 5.32 Å². The zero-order chi connectivity index (χ0) is 13.2. The molecule has 2 heterocycles. The van der Waals surface area contributed by atoms with Crippen molar-refractivity contribution in [3.63, 3.8) is 0 Å². The number of hydrogen-bond donors (Lipinski definition) is 2. The van der Waals surface area contributed by atoms with Crippen molar-refractivity contribution in [2.24, 2.45) is 0 Å². The molecule has 1 aliphatic rings. The summed E-state index contributed by atoms with van der Waals surface area (Å²) >= 11 is 0. The van der Waals surface area contributed by atoms with E-state index in [2.05, 4.69) is 5.32 Å². The number of amides is 1. The predicted octanol–water partition coefficient (Wildman–Crippen LogP) is 1.17. The number of aryl methyl sites for hydroxylation is 2. The Balaban J connectivity index is 2.12. The predicted molar refractivity (Wildman–Crippen MR) is 65.5 cm³/mol. The zero-order valence-electron chi connectivity index (χ0n) is 10.8. The van der Waals surface area contributed by atoms with Crippen molar-refractivity contribution >= 4 is 5.91 Å². The van der Waals surface area contributed by atoms with Crippen LogP contribution in [0, 0.1) is 13.8 Å². The standard InChI is InChI=1S/C13H19NO4/c1-9-7-11(10(2)18-9)12(16)14-13(8-15)3-5-17-6-4-13/h7,15H,3-6,8H2,1-2H3,(H,14,16). The van der Waals surface area contributed by atoms with Crippen LogP contribution < -0.4 is 5.32 Å². The minimum atomic E-state index is -0.563. The number of rotatable bonds is 3. The maximum atomic E-state index is 12.2. The lowest BCUT2D eigenvalue weighted by Gasteiger charge is -2.36. The van der Waals surface area contributed by atoms with Crippen LogP contribution in [0.4, 0.5) is 0 Å². The van der Waals surface area contributed by atoms with Gasteiger partial charge in [0.25, 0.3) is 5.91 Å². The lowest BCUT2D eigenvalue weighted by molar-refractivity contribution is 0.0125. The molecule has 1 fully saturated rings. The third-order valence-electron chi connectivity index (χ3n) is 3.42. The van der Waals surface area contributed by atoms with Crippen molar-refractivity contribution in [1.29, 1.82) is 0 Å². The number of hydrogen-bond acceptors (Lipinski definition) is 4. The summed E-state index contributed by atoms with van der Waals surface area (Å²) < 4.78 is 10.6. The zero-order valence-corrected chi connectivity index (χ0v) is 10.8. The first kappa shape index (κ1) is 13.1. The van der Waals surface area contributed by atoms with Gasteiger partial charge in [0, 0.05) is 13.2 Å². The van der Waals surface area contributed by atoms with E-state index in [0.717, 1.165) is 0 Å². The van der Waals surface area contributed by atoms with E-state index < -0.39 is 5.54 Å². The maximum absolute atomic E-state index is 12.2. The minimum Gasteiger partial charge on any atom is -0.466 e. The summed E-state index contributed by atoms with van der Waals surface area (Å²) in [4.78, 5) is 12.2. The molecule has 2 rings (SSSR count). The topological polar surface area (TPSA) is 71.7 Å². The number of aliphatic hydroxyl groups excluding tert-OH is 1. The Hall–Kier alpha value is -1.33. The fraction of sp³-hybridized carbons (Fsp3) is 0.615. The second-order valence-electron chi connectivity index (χ2n) is 4.83. The molecular formula is C13H19NO4. The SMILES string of the molecule is Cc1cc(C(=O)NC2(CO)CCOCC2)c(C)o1. The first-order valence-corrected chi connectivity index (χ1v) is 6.14. The van der Waals surface area contributed by atoms with Gasteiger partial charge in [-0.2, -0.15) is 0 Å². The lowest BCUT2D eigenvalue weighted by atomic mass is 9.90. The molecular weight excluding hydrogens is 234 g/mol. The van der Waals surface area contributed by atoms with E-state index in [1.165, 1.54) is 0 Å². The third-order valence-corrected chi connectivity index (χ3v) is 3.42. The summed E-state index contributed by atoms with van der Waals surface area (Å²) in [5.41, 5.74) is -0.0285. The smallest absolute Gasteiger partial charge is 0.255 e. The number of aliphatic hydroxyl groups is 1. The molecule has 0 radical (unpaired) electrons. The number of carbonyl (C=O) groups excluding carboxylic acids is 1. The van der Waals surface area contributed by atoms with Crippen LogP contribution in [0.15, 0.2) is 10.5 Å². The first-order valence-electron chi connectivity index (χ1n) is 6.14. The molecule has 0 spiro atoms. The highest BCUT2D eigenvalue weighted by Crippen LogP contribution is 2.22. The Morgan fingerprint density at radius 2 is 2.11 bits per heavy atom. The first-order chi connectivity index (χ1) is 8.56. The molecule has 0 aliphatic carbocycles. The highest BCUT2D eigenvalue weighted by molar-refractivity contribution is 5.95. The molecule has 2 N–H and O–H groups in total. The third kappa shape index (κ3) is 2.57. The van der Waals surface area contributed by atoms with Gasteiger partial charge in [0.05, 0.1) is 17.7 Å². The molecule has 0 bridgehead atoms. The van der Waals surface area contributed by atoms with Gasteiger partial charge in [-0.25, -0.2) is 0 Å². The Labute approximate surface area is 106 Å². The lowest BCUT2D eigenvalue weighted by Crippen LogP contribution is -2.54. The second-order valence-corrected chi connectivity index (χ2v) is 4.83. The van der Waals surface area contributed by atoms with E-state index in [0.29, 0.717) is 43.1 Å². The van der Waals surface area contributed by atoms with E-state index in [-0.39, 0.29) is 12.5 Å². The number of ether oxygens (including phenoxy) is 1. The van der Waals surface area contributed by atoms with E-state index in [1.54, 1.807) is 19.9 Å². The Kier molecular flexibility index (Phi) is 3.73. The molecule has 1 saturated heterocycles. The normalized spacial score (nSPS) is 18.6. The molecule has 1 aromatic heterocycles. The van der Waals surface area contributed by atoms with Gasteiger partial charge in [-0.15, -0.1) is 0 Å². The summed E-state index contributed by atoms with van der Waals surface area (Å²) in [7, 11) is 0. The molecule has 0 saturated carbocycles. The highest BCUT2D eigenvalue weighted by atomic mass is 16.5. The average Bonchev–Trinajstić information content (AvgIpc) is 2.70. The van der Waals surface area contributed by atoms with Gasteiger partial charge in [0.15, 0.2) is 0 Å². The van der Waals surface area contributed by atoms with Gasteiger partial charge >= 0.3 is 0 Å². The van der Waals surface area contributed by atoms with Crippen molar-refractivity contribution in [2.75, 3.05) is 19.8 Å². The Bertz CT molecular complexity index is 432. The summed E-state index contributed by atoms with van der Waals surface area (Å²) in [5.74, 6) is 1.12. The number of furan rings is 1. The van der Waals surface area contributed by atoms with Crippen molar-refractivity contribution in [3.05, 3.63) is 23.2 Å². The Morgan fingerprint density at radius 3 is 2.61 bits per heavy atom.